The van der Waals surface area contributed by atoms with E-state index in [1.165, 1.54) is 49.3 Å². The molecule has 0 aliphatic carbocycles. The fourth-order valence-corrected chi connectivity index (χ4v) is 4.20. The number of benzene rings is 4. The molecule has 26 heavy (non-hydrogen) atoms. The summed E-state index contributed by atoms with van der Waals surface area (Å²) in [4.78, 5) is 3.73. The molecule has 0 spiro atoms. The smallest absolute Gasteiger partial charge is 0.0798 e. The quantitative estimate of drug-likeness (QED) is 0.359. The predicted octanol–water partition coefficient (Wildman–Crippen LogP) is 6.42. The normalized spacial score (nSPS) is 11.8. The summed E-state index contributed by atoms with van der Waals surface area (Å²) < 4.78 is 2.37. The summed E-state index contributed by atoms with van der Waals surface area (Å²) in [6.07, 6.45) is 0. The minimum atomic E-state index is 1.19. The molecule has 2 heteroatoms. The maximum absolute atomic E-state index is 3.73. The van der Waals surface area contributed by atoms with Crippen molar-refractivity contribution in [2.75, 3.05) is 0 Å². The van der Waals surface area contributed by atoms with Gasteiger partial charge in [-0.1, -0.05) is 72.8 Å². The van der Waals surface area contributed by atoms with Crippen molar-refractivity contribution in [2.24, 2.45) is 0 Å². The molecule has 0 aliphatic heterocycles. The Morgan fingerprint density at radius 3 is 2.15 bits per heavy atom. The number of aromatic nitrogens is 2. The van der Waals surface area contributed by atoms with Crippen LogP contribution in [0.15, 0.2) is 91.0 Å². The Labute approximate surface area is 150 Å². The van der Waals surface area contributed by atoms with Crippen molar-refractivity contribution in [3.05, 3.63) is 91.0 Å². The molecule has 2 heterocycles. The van der Waals surface area contributed by atoms with E-state index in [-0.39, 0.29) is 0 Å². The van der Waals surface area contributed by atoms with Crippen LogP contribution in [0.25, 0.3) is 49.3 Å². The molecule has 0 saturated carbocycles. The summed E-state index contributed by atoms with van der Waals surface area (Å²) in [5, 5.41) is 5.05. The third-order valence-corrected chi connectivity index (χ3v) is 5.32. The van der Waals surface area contributed by atoms with Gasteiger partial charge in [0.2, 0.25) is 0 Å². The summed E-state index contributed by atoms with van der Waals surface area (Å²) in [7, 11) is 0. The molecule has 0 fully saturated rings. The first-order valence-electron chi connectivity index (χ1n) is 8.90. The topological polar surface area (TPSA) is 20.7 Å². The van der Waals surface area contributed by atoms with Crippen molar-refractivity contribution in [3.63, 3.8) is 0 Å². The van der Waals surface area contributed by atoms with E-state index in [0.29, 0.717) is 0 Å². The second-order valence-electron chi connectivity index (χ2n) is 6.75. The molecule has 0 radical (unpaired) electrons. The van der Waals surface area contributed by atoms with Crippen molar-refractivity contribution in [3.8, 4) is 5.69 Å². The van der Waals surface area contributed by atoms with E-state index in [9.17, 15) is 0 Å². The van der Waals surface area contributed by atoms with Crippen molar-refractivity contribution in [2.45, 2.75) is 0 Å². The fraction of sp³-hybridized carbons (Fsp3) is 0. The largest absolute Gasteiger partial charge is 0.352 e. The zero-order chi connectivity index (χ0) is 17.1. The molecule has 0 aliphatic rings. The third-order valence-electron chi connectivity index (χ3n) is 5.32. The van der Waals surface area contributed by atoms with Gasteiger partial charge in [0.1, 0.15) is 0 Å². The monoisotopic (exact) mass is 332 g/mol. The van der Waals surface area contributed by atoms with Gasteiger partial charge >= 0.3 is 0 Å². The van der Waals surface area contributed by atoms with Crippen LogP contribution in [0.2, 0.25) is 0 Å². The van der Waals surface area contributed by atoms with Gasteiger partial charge in [0.25, 0.3) is 0 Å². The van der Waals surface area contributed by atoms with Gasteiger partial charge in [-0.05, 0) is 23.6 Å². The van der Waals surface area contributed by atoms with Crippen LogP contribution in [0, 0.1) is 0 Å². The second kappa shape index (κ2) is 4.99. The molecule has 0 bridgehead atoms. The van der Waals surface area contributed by atoms with Gasteiger partial charge in [-0.15, -0.1) is 0 Å². The molecule has 0 atom stereocenters. The van der Waals surface area contributed by atoms with Crippen molar-refractivity contribution in [1.29, 1.82) is 0 Å². The van der Waals surface area contributed by atoms with Crippen LogP contribution in [0.5, 0.6) is 0 Å². The lowest BCUT2D eigenvalue weighted by molar-refractivity contribution is 1.19. The lowest BCUT2D eigenvalue weighted by atomic mass is 10.1. The summed E-state index contributed by atoms with van der Waals surface area (Å²) in [6.45, 7) is 0. The maximum atomic E-state index is 3.73. The molecule has 2 nitrogen and oxygen atoms in total. The zero-order valence-electron chi connectivity index (χ0n) is 14.1. The molecule has 1 N–H and O–H groups in total. The van der Waals surface area contributed by atoms with Crippen LogP contribution in [-0.2, 0) is 0 Å². The summed E-state index contributed by atoms with van der Waals surface area (Å²) in [6, 6.07) is 32.3. The van der Waals surface area contributed by atoms with Gasteiger partial charge in [-0.25, -0.2) is 0 Å². The lowest BCUT2D eigenvalue weighted by Crippen LogP contribution is -1.92. The van der Waals surface area contributed by atoms with Gasteiger partial charge in [-0.3, -0.25) is 0 Å². The molecule has 0 unspecified atom stereocenters. The highest BCUT2D eigenvalue weighted by Gasteiger charge is 2.17. The molecule has 6 aromatic rings. The molecular weight excluding hydrogens is 316 g/mol. The van der Waals surface area contributed by atoms with Crippen molar-refractivity contribution in [1.82, 2.24) is 9.55 Å². The summed E-state index contributed by atoms with van der Waals surface area (Å²) in [5.41, 5.74) is 6.08. The standard InChI is InChI=1S/C24H16N2/c1-2-9-17(10-3-1)26-21-13-7-6-12-19(21)23-24(26)20-15-14-16-8-4-5-11-18(16)22(20)25-23/h1-15,25H. The number of hydrogen-bond acceptors (Lipinski definition) is 0. The second-order valence-corrected chi connectivity index (χ2v) is 6.75. The number of nitrogens with zero attached hydrogens (tertiary/aromatic N) is 1. The van der Waals surface area contributed by atoms with Crippen LogP contribution in [0.4, 0.5) is 0 Å². The highest BCUT2D eigenvalue weighted by molar-refractivity contribution is 6.23. The third kappa shape index (κ3) is 1.71. The fourth-order valence-electron chi connectivity index (χ4n) is 4.20. The molecule has 0 amide bonds. The Balaban J connectivity index is 1.89. The van der Waals surface area contributed by atoms with Crippen molar-refractivity contribution >= 4 is 43.6 Å². The molecule has 122 valence electrons. The number of nitrogens with one attached hydrogen (secondary N) is 1. The SMILES string of the molecule is c1ccc(-n2c3ccccc3c3[nH]c4c5ccccc5ccc4c32)cc1. The average molecular weight is 332 g/mol. The Morgan fingerprint density at radius 2 is 1.27 bits per heavy atom. The Hall–Kier alpha value is -3.52. The lowest BCUT2D eigenvalue weighted by Gasteiger charge is -2.08. The minimum absolute atomic E-state index is 1.19. The zero-order valence-corrected chi connectivity index (χ0v) is 14.1. The molecule has 0 saturated heterocycles. The molecular formula is C24H16N2. The first-order chi connectivity index (χ1) is 12.9. The number of aromatic amines is 1. The first kappa shape index (κ1) is 13.7. The van der Waals surface area contributed by atoms with E-state index in [1.807, 2.05) is 0 Å². The Kier molecular flexibility index (Phi) is 2.64. The van der Waals surface area contributed by atoms with Gasteiger partial charge in [0.15, 0.2) is 0 Å². The van der Waals surface area contributed by atoms with Gasteiger partial charge in [0.05, 0.1) is 22.1 Å². The van der Waals surface area contributed by atoms with E-state index in [1.54, 1.807) is 0 Å². The predicted molar refractivity (Wildman–Crippen MR) is 110 cm³/mol. The highest BCUT2D eigenvalue weighted by Crippen LogP contribution is 2.38. The van der Waals surface area contributed by atoms with E-state index in [0.717, 1.165) is 0 Å². The van der Waals surface area contributed by atoms with Gasteiger partial charge < -0.3 is 9.55 Å². The van der Waals surface area contributed by atoms with E-state index >= 15 is 0 Å². The van der Waals surface area contributed by atoms with Gasteiger partial charge in [-0.2, -0.15) is 0 Å². The highest BCUT2D eigenvalue weighted by atomic mass is 15.0. The Bertz CT molecular complexity index is 1420. The molecule has 2 aromatic heterocycles. The van der Waals surface area contributed by atoms with Crippen LogP contribution in [0.3, 0.4) is 0 Å². The first-order valence-corrected chi connectivity index (χ1v) is 8.90. The maximum Gasteiger partial charge on any atom is 0.0798 e. The van der Waals surface area contributed by atoms with E-state index in [2.05, 4.69) is 101 Å². The van der Waals surface area contributed by atoms with Crippen molar-refractivity contribution < 1.29 is 0 Å². The number of hydrogen-bond donors (Lipinski definition) is 1. The van der Waals surface area contributed by atoms with Crippen LogP contribution in [0.1, 0.15) is 0 Å². The number of rotatable bonds is 1. The number of fused-ring (bicyclic) bond motifs is 7. The number of para-hydroxylation sites is 2. The number of H-pyrrole nitrogens is 1. The van der Waals surface area contributed by atoms with E-state index < -0.39 is 0 Å². The average Bonchev–Trinajstić information content (AvgIpc) is 3.24. The van der Waals surface area contributed by atoms with Crippen LogP contribution >= 0.6 is 0 Å². The van der Waals surface area contributed by atoms with E-state index in [4.69, 9.17) is 0 Å². The summed E-state index contributed by atoms with van der Waals surface area (Å²) in [5.74, 6) is 0. The minimum Gasteiger partial charge on any atom is -0.352 e. The van der Waals surface area contributed by atoms with Crippen LogP contribution in [-0.4, -0.2) is 9.55 Å². The Morgan fingerprint density at radius 1 is 0.538 bits per heavy atom. The molecule has 4 aromatic carbocycles. The van der Waals surface area contributed by atoms with Gasteiger partial charge in [0, 0.05) is 21.8 Å². The van der Waals surface area contributed by atoms with Crippen LogP contribution < -0.4 is 0 Å². The molecule has 6 rings (SSSR count). The summed E-state index contributed by atoms with van der Waals surface area (Å²) >= 11 is 0.